The lowest BCUT2D eigenvalue weighted by Crippen LogP contribution is -2.44. The number of fused-ring (bicyclic) bond motifs is 1. The van der Waals surface area contributed by atoms with Gasteiger partial charge in [0.1, 0.15) is 5.82 Å². The summed E-state index contributed by atoms with van der Waals surface area (Å²) in [6.45, 7) is 6.98. The molecule has 1 N–H and O–H groups in total. The third kappa shape index (κ3) is 2.45. The van der Waals surface area contributed by atoms with Crippen LogP contribution in [0.2, 0.25) is 0 Å². The second kappa shape index (κ2) is 5.94. The van der Waals surface area contributed by atoms with Crippen LogP contribution in [0, 0.1) is 6.92 Å². The number of rotatable bonds is 4. The number of benzene rings is 1. The van der Waals surface area contributed by atoms with Crippen LogP contribution < -0.4 is 5.32 Å². The third-order valence-corrected chi connectivity index (χ3v) is 4.09. The Morgan fingerprint density at radius 1 is 1.40 bits per heavy atom. The second-order valence-corrected chi connectivity index (χ2v) is 5.51. The van der Waals surface area contributed by atoms with Crippen molar-refractivity contribution < 1.29 is 4.74 Å². The molecule has 1 aromatic carbocycles. The summed E-state index contributed by atoms with van der Waals surface area (Å²) in [6, 6.07) is 9.17. The number of aryl methyl sites for hydroxylation is 1. The van der Waals surface area contributed by atoms with Gasteiger partial charge in [-0.2, -0.15) is 0 Å². The van der Waals surface area contributed by atoms with Gasteiger partial charge in [0, 0.05) is 12.6 Å². The van der Waals surface area contributed by atoms with Gasteiger partial charge in [0.25, 0.3) is 0 Å². The number of ether oxygens (including phenoxy) is 1. The fourth-order valence-electron chi connectivity index (χ4n) is 3.13. The number of imidazole rings is 1. The highest BCUT2D eigenvalue weighted by Gasteiger charge is 2.28. The van der Waals surface area contributed by atoms with Crippen molar-refractivity contribution >= 4 is 11.0 Å². The monoisotopic (exact) mass is 273 g/mol. The molecule has 108 valence electrons. The molecule has 2 aromatic rings. The summed E-state index contributed by atoms with van der Waals surface area (Å²) in [7, 11) is 0. The summed E-state index contributed by atoms with van der Waals surface area (Å²) in [5.41, 5.74) is 2.29. The van der Waals surface area contributed by atoms with Gasteiger partial charge in [0.15, 0.2) is 0 Å². The molecule has 4 nitrogen and oxygen atoms in total. The van der Waals surface area contributed by atoms with Crippen LogP contribution >= 0.6 is 0 Å². The third-order valence-electron chi connectivity index (χ3n) is 4.09. The van der Waals surface area contributed by atoms with Crippen LogP contribution in [0.3, 0.4) is 0 Å². The Morgan fingerprint density at radius 2 is 2.25 bits per heavy atom. The molecule has 2 unspecified atom stereocenters. The maximum Gasteiger partial charge on any atom is 0.107 e. The second-order valence-electron chi connectivity index (χ2n) is 5.51. The summed E-state index contributed by atoms with van der Waals surface area (Å²) in [4.78, 5) is 4.68. The van der Waals surface area contributed by atoms with Crippen LogP contribution in [0.1, 0.15) is 31.6 Å². The summed E-state index contributed by atoms with van der Waals surface area (Å²) >= 11 is 0. The standard InChI is InChI=1S/C16H23N3O/c1-3-9-17-13-8-10-20-11-16(13)19-12(2)18-14-6-4-5-7-15(14)19/h4-7,13,16-17H,3,8-11H2,1-2H3. The van der Waals surface area contributed by atoms with E-state index in [2.05, 4.69) is 46.9 Å². The van der Waals surface area contributed by atoms with Gasteiger partial charge in [0.05, 0.1) is 23.7 Å². The van der Waals surface area contributed by atoms with Crippen molar-refractivity contribution in [1.82, 2.24) is 14.9 Å². The average Bonchev–Trinajstić information content (AvgIpc) is 2.81. The number of para-hydroxylation sites is 2. The molecule has 1 fully saturated rings. The average molecular weight is 273 g/mol. The largest absolute Gasteiger partial charge is 0.379 e. The van der Waals surface area contributed by atoms with E-state index < -0.39 is 0 Å². The van der Waals surface area contributed by atoms with Gasteiger partial charge < -0.3 is 14.6 Å². The van der Waals surface area contributed by atoms with Crippen LogP contribution in [0.4, 0.5) is 0 Å². The summed E-state index contributed by atoms with van der Waals surface area (Å²) in [5.74, 6) is 1.07. The van der Waals surface area contributed by atoms with Crippen molar-refractivity contribution in [3.8, 4) is 0 Å². The van der Waals surface area contributed by atoms with Crippen molar-refractivity contribution in [2.75, 3.05) is 19.8 Å². The van der Waals surface area contributed by atoms with Crippen LogP contribution in [-0.2, 0) is 4.74 Å². The normalized spacial score (nSPS) is 23.3. The molecule has 3 rings (SSSR count). The smallest absolute Gasteiger partial charge is 0.107 e. The number of hydrogen-bond donors (Lipinski definition) is 1. The summed E-state index contributed by atoms with van der Waals surface area (Å²) < 4.78 is 8.08. The first-order valence-corrected chi connectivity index (χ1v) is 7.56. The van der Waals surface area contributed by atoms with Crippen molar-refractivity contribution in [2.24, 2.45) is 0 Å². The van der Waals surface area contributed by atoms with Gasteiger partial charge in [-0.3, -0.25) is 0 Å². The van der Waals surface area contributed by atoms with Crippen molar-refractivity contribution in [1.29, 1.82) is 0 Å². The summed E-state index contributed by atoms with van der Waals surface area (Å²) in [6.07, 6.45) is 2.23. The molecule has 1 saturated heterocycles. The molecule has 1 aromatic heterocycles. The van der Waals surface area contributed by atoms with Crippen LogP contribution in [0.25, 0.3) is 11.0 Å². The molecule has 0 saturated carbocycles. The van der Waals surface area contributed by atoms with Gasteiger partial charge in [0.2, 0.25) is 0 Å². The van der Waals surface area contributed by atoms with Gasteiger partial charge in [-0.15, -0.1) is 0 Å². The minimum atomic E-state index is 0.336. The quantitative estimate of drug-likeness (QED) is 0.931. The maximum atomic E-state index is 5.73. The van der Waals surface area contributed by atoms with Crippen LogP contribution in [-0.4, -0.2) is 35.4 Å². The van der Waals surface area contributed by atoms with E-state index in [1.165, 1.54) is 5.52 Å². The first kappa shape index (κ1) is 13.6. The first-order valence-electron chi connectivity index (χ1n) is 7.56. The molecule has 0 amide bonds. The summed E-state index contributed by atoms with van der Waals surface area (Å²) in [5, 5.41) is 3.67. The highest BCUT2D eigenvalue weighted by molar-refractivity contribution is 5.76. The molecule has 20 heavy (non-hydrogen) atoms. The fraction of sp³-hybridized carbons (Fsp3) is 0.562. The van der Waals surface area contributed by atoms with Gasteiger partial charge >= 0.3 is 0 Å². The van der Waals surface area contributed by atoms with E-state index in [1.807, 2.05) is 6.07 Å². The SMILES string of the molecule is CCCNC1CCOCC1n1c(C)nc2ccccc21. The Balaban J connectivity index is 1.96. The molecule has 4 heteroatoms. The molecule has 0 spiro atoms. The van der Waals surface area contributed by atoms with E-state index in [1.54, 1.807) is 0 Å². The highest BCUT2D eigenvalue weighted by atomic mass is 16.5. The fourth-order valence-corrected chi connectivity index (χ4v) is 3.13. The zero-order valence-electron chi connectivity index (χ0n) is 12.3. The molecule has 0 bridgehead atoms. The Labute approximate surface area is 120 Å². The zero-order valence-corrected chi connectivity index (χ0v) is 12.3. The maximum absolute atomic E-state index is 5.73. The van der Waals surface area contributed by atoms with E-state index in [9.17, 15) is 0 Å². The minimum Gasteiger partial charge on any atom is -0.379 e. The first-order chi connectivity index (χ1) is 9.81. The lowest BCUT2D eigenvalue weighted by molar-refractivity contribution is 0.0378. The van der Waals surface area contributed by atoms with Crippen molar-refractivity contribution in [3.63, 3.8) is 0 Å². The van der Waals surface area contributed by atoms with Crippen LogP contribution in [0.15, 0.2) is 24.3 Å². The number of nitrogens with zero attached hydrogens (tertiary/aromatic N) is 2. The van der Waals surface area contributed by atoms with Gasteiger partial charge in [-0.25, -0.2) is 4.98 Å². The molecular weight excluding hydrogens is 250 g/mol. The predicted molar refractivity (Wildman–Crippen MR) is 81.0 cm³/mol. The number of aromatic nitrogens is 2. The van der Waals surface area contributed by atoms with Crippen molar-refractivity contribution in [2.45, 2.75) is 38.8 Å². The molecule has 1 aliphatic heterocycles. The Morgan fingerprint density at radius 3 is 3.10 bits per heavy atom. The molecule has 0 aliphatic carbocycles. The van der Waals surface area contributed by atoms with E-state index in [4.69, 9.17) is 4.74 Å². The number of hydrogen-bond acceptors (Lipinski definition) is 3. The lowest BCUT2D eigenvalue weighted by Gasteiger charge is -2.34. The van der Waals surface area contributed by atoms with E-state index in [0.29, 0.717) is 12.1 Å². The molecule has 0 radical (unpaired) electrons. The minimum absolute atomic E-state index is 0.336. The van der Waals surface area contributed by atoms with Crippen LogP contribution in [0.5, 0.6) is 0 Å². The highest BCUT2D eigenvalue weighted by Crippen LogP contribution is 2.27. The number of nitrogens with one attached hydrogen (secondary N) is 1. The van der Waals surface area contributed by atoms with Gasteiger partial charge in [-0.05, 0) is 38.4 Å². The zero-order chi connectivity index (χ0) is 13.9. The molecule has 1 aliphatic rings. The Hall–Kier alpha value is -1.39. The van der Waals surface area contributed by atoms with E-state index in [-0.39, 0.29) is 0 Å². The Bertz CT molecular complexity index is 578. The molecule has 2 atom stereocenters. The topological polar surface area (TPSA) is 39.1 Å². The van der Waals surface area contributed by atoms with Crippen molar-refractivity contribution in [3.05, 3.63) is 30.1 Å². The molecular formula is C16H23N3O. The Kier molecular flexibility index (Phi) is 4.03. The lowest BCUT2D eigenvalue weighted by atomic mass is 10.0. The molecule has 2 heterocycles. The van der Waals surface area contributed by atoms with E-state index >= 15 is 0 Å². The van der Waals surface area contributed by atoms with E-state index in [0.717, 1.165) is 43.9 Å². The van der Waals surface area contributed by atoms with Gasteiger partial charge in [-0.1, -0.05) is 19.1 Å². The predicted octanol–water partition coefficient (Wildman–Crippen LogP) is 2.67.